The van der Waals surface area contributed by atoms with Crippen molar-refractivity contribution in [1.82, 2.24) is 13.9 Å². The van der Waals surface area contributed by atoms with Gasteiger partial charge in [-0.25, -0.2) is 27.3 Å². The highest BCUT2D eigenvalue weighted by Gasteiger charge is 2.28. The Labute approximate surface area is 222 Å². The molecule has 1 aliphatic heterocycles. The molecular formula is C23H25ClN4O7S2. The van der Waals surface area contributed by atoms with Crippen LogP contribution in [-0.4, -0.2) is 75.9 Å². The summed E-state index contributed by atoms with van der Waals surface area (Å²) in [5.41, 5.74) is 1.42. The van der Waals surface area contributed by atoms with Gasteiger partial charge in [-0.3, -0.25) is 0 Å². The van der Waals surface area contributed by atoms with Crippen LogP contribution in [-0.2, 0) is 21.4 Å². The van der Waals surface area contributed by atoms with Gasteiger partial charge in [0.1, 0.15) is 5.02 Å². The second-order valence-corrected chi connectivity index (χ2v) is 11.9. The van der Waals surface area contributed by atoms with E-state index in [1.165, 1.54) is 4.31 Å². The summed E-state index contributed by atoms with van der Waals surface area (Å²) < 4.78 is 33.8. The largest absolute Gasteiger partial charge is 0.479 e. The third-order valence-electron chi connectivity index (χ3n) is 5.85. The molecule has 198 valence electrons. The molecule has 14 heteroatoms. The molecular weight excluding hydrogens is 544 g/mol. The minimum absolute atomic E-state index is 0.0154. The number of aliphatic carboxylic acids is 1. The van der Waals surface area contributed by atoms with Crippen LogP contribution in [0, 0.1) is 0 Å². The third-order valence-corrected chi connectivity index (χ3v) is 9.38. The molecule has 0 aliphatic carbocycles. The number of piperidine rings is 1. The average molecular weight is 569 g/mol. The number of hydrogen-bond donors (Lipinski definition) is 3. The molecule has 3 N–H and O–H groups in total. The monoisotopic (exact) mass is 568 g/mol. The van der Waals surface area contributed by atoms with E-state index in [2.05, 4.69) is 10.3 Å². The summed E-state index contributed by atoms with van der Waals surface area (Å²) in [7, 11) is -3.38. The molecule has 3 heterocycles. The van der Waals surface area contributed by atoms with Crippen molar-refractivity contribution in [2.45, 2.75) is 25.4 Å². The summed E-state index contributed by atoms with van der Waals surface area (Å²) in [5, 5.41) is 21.8. The number of imidazole rings is 1. The van der Waals surface area contributed by atoms with Crippen LogP contribution in [0.1, 0.15) is 22.5 Å². The highest BCUT2D eigenvalue weighted by atomic mass is 35.5. The van der Waals surface area contributed by atoms with Crippen molar-refractivity contribution >= 4 is 50.6 Å². The summed E-state index contributed by atoms with van der Waals surface area (Å²) in [4.78, 5) is 26.7. The number of hydrogen-bond acceptors (Lipinski definition) is 8. The Morgan fingerprint density at radius 3 is 2.65 bits per heavy atom. The number of rotatable bonds is 11. The molecule has 0 atom stereocenters. The molecule has 4 rings (SSSR count). The highest BCUT2D eigenvalue weighted by molar-refractivity contribution is 7.89. The number of aromatic nitrogens is 2. The van der Waals surface area contributed by atoms with Gasteiger partial charge in [0, 0.05) is 43.8 Å². The topological polar surface area (TPSA) is 151 Å². The molecule has 1 aliphatic rings. The number of aryl methyl sites for hydroxylation is 1. The molecule has 37 heavy (non-hydrogen) atoms. The number of halogens is 1. The fourth-order valence-electron chi connectivity index (χ4n) is 4.02. The van der Waals surface area contributed by atoms with Crippen molar-refractivity contribution in [2.24, 2.45) is 0 Å². The predicted molar refractivity (Wildman–Crippen MR) is 139 cm³/mol. The van der Waals surface area contributed by atoms with Crippen LogP contribution < -0.4 is 10.1 Å². The first-order valence-corrected chi connectivity index (χ1v) is 14.1. The zero-order chi connectivity index (χ0) is 26.6. The van der Waals surface area contributed by atoms with Crippen LogP contribution >= 0.6 is 22.9 Å². The minimum atomic E-state index is -3.38. The molecule has 1 saturated heterocycles. The fourth-order valence-corrected chi connectivity index (χ4v) is 6.89. The maximum atomic E-state index is 12.7. The summed E-state index contributed by atoms with van der Waals surface area (Å²) in [6, 6.07) is 7.29. The van der Waals surface area contributed by atoms with Crippen LogP contribution in [0.3, 0.4) is 0 Å². The van der Waals surface area contributed by atoms with E-state index in [1.807, 2.05) is 12.1 Å². The van der Waals surface area contributed by atoms with Gasteiger partial charge in [-0.05, 0) is 30.5 Å². The Balaban J connectivity index is 1.40. The normalized spacial score (nSPS) is 14.9. The number of carboxylic acid groups (broad SMARTS) is 2. The predicted octanol–water partition coefficient (Wildman–Crippen LogP) is 3.33. The number of nitrogens with zero attached hydrogens (tertiary/aromatic N) is 3. The maximum Gasteiger partial charge on any atom is 0.349 e. The van der Waals surface area contributed by atoms with E-state index in [4.69, 9.17) is 21.4 Å². The quantitative estimate of drug-likeness (QED) is 0.316. The van der Waals surface area contributed by atoms with Crippen molar-refractivity contribution < 1.29 is 33.0 Å². The summed E-state index contributed by atoms with van der Waals surface area (Å²) in [5.74, 6) is -2.67. The molecule has 0 bridgehead atoms. The number of carboxylic acids is 2. The summed E-state index contributed by atoms with van der Waals surface area (Å²) in [6.07, 6.45) is 6.20. The van der Waals surface area contributed by atoms with Crippen LogP contribution in [0.2, 0.25) is 5.02 Å². The van der Waals surface area contributed by atoms with E-state index < -0.39 is 28.6 Å². The number of aromatic carboxylic acids is 1. The van der Waals surface area contributed by atoms with Crippen molar-refractivity contribution in [3.05, 3.63) is 52.9 Å². The number of carbonyl (C=O) groups is 2. The lowest BCUT2D eigenvalue weighted by Gasteiger charge is -2.32. The lowest BCUT2D eigenvalue weighted by atomic mass is 10.1. The summed E-state index contributed by atoms with van der Waals surface area (Å²) in [6.45, 7) is 0.459. The molecule has 0 radical (unpaired) electrons. The van der Waals surface area contributed by atoms with Crippen LogP contribution in [0.15, 0.2) is 43.0 Å². The van der Waals surface area contributed by atoms with Crippen molar-refractivity contribution in [3.63, 3.8) is 0 Å². The second kappa shape index (κ2) is 11.5. The first kappa shape index (κ1) is 26.9. The number of benzene rings is 1. The third kappa shape index (κ3) is 6.60. The van der Waals surface area contributed by atoms with Crippen molar-refractivity contribution in [1.29, 1.82) is 0 Å². The number of nitrogens with one attached hydrogen (secondary N) is 1. The Bertz CT molecular complexity index is 1370. The van der Waals surface area contributed by atoms with E-state index in [1.54, 1.807) is 35.4 Å². The van der Waals surface area contributed by atoms with E-state index in [9.17, 15) is 23.1 Å². The second-order valence-electron chi connectivity index (χ2n) is 8.41. The standard InChI is InChI=1S/C23H25ClN4O7S2/c24-19-20(35-13-18(29)30)22(23(31)32)36-21(19)15-2-1-3-17(12-15)26-16-4-7-28(8-5-16)37(33,34)11-10-27-9-6-25-14-27/h1-3,6,9,12,14,16,26H,4-5,7-8,10-11,13H2,(H,29,30)(H,31,32). The molecule has 2 aromatic heterocycles. The number of sulfonamides is 1. The van der Waals surface area contributed by atoms with Gasteiger partial charge in [0.2, 0.25) is 10.0 Å². The van der Waals surface area contributed by atoms with Gasteiger partial charge in [-0.15, -0.1) is 11.3 Å². The Morgan fingerprint density at radius 1 is 1.24 bits per heavy atom. The first-order valence-electron chi connectivity index (χ1n) is 11.3. The number of ether oxygens (including phenoxy) is 1. The number of anilines is 1. The molecule has 0 amide bonds. The Hall–Kier alpha value is -3.13. The van der Waals surface area contributed by atoms with Crippen LogP contribution in [0.25, 0.3) is 10.4 Å². The van der Waals surface area contributed by atoms with Gasteiger partial charge in [0.15, 0.2) is 17.2 Å². The molecule has 0 spiro atoms. The molecule has 0 saturated carbocycles. The maximum absolute atomic E-state index is 12.7. The van der Waals surface area contributed by atoms with Crippen LogP contribution in [0.5, 0.6) is 5.75 Å². The van der Waals surface area contributed by atoms with Gasteiger partial charge in [0.05, 0.1) is 17.0 Å². The Morgan fingerprint density at radius 2 is 2.00 bits per heavy atom. The molecule has 1 aromatic carbocycles. The highest BCUT2D eigenvalue weighted by Crippen LogP contribution is 2.46. The average Bonchev–Trinajstić information content (AvgIpc) is 3.50. The SMILES string of the molecule is O=C(O)COc1c(C(=O)O)sc(-c2cccc(NC3CCN(S(=O)(=O)CCn4ccnc4)CC3)c2)c1Cl. The van der Waals surface area contributed by atoms with E-state index in [-0.39, 0.29) is 27.4 Å². The van der Waals surface area contributed by atoms with Gasteiger partial charge in [-0.2, -0.15) is 0 Å². The van der Waals surface area contributed by atoms with Crippen molar-refractivity contribution in [2.75, 3.05) is 30.8 Å². The van der Waals surface area contributed by atoms with E-state index in [0.717, 1.165) is 17.0 Å². The minimum Gasteiger partial charge on any atom is -0.479 e. The van der Waals surface area contributed by atoms with Gasteiger partial charge in [-0.1, -0.05) is 23.7 Å². The molecule has 0 unspecified atom stereocenters. The first-order chi connectivity index (χ1) is 17.6. The van der Waals surface area contributed by atoms with E-state index in [0.29, 0.717) is 42.9 Å². The fraction of sp³-hybridized carbons (Fsp3) is 0.348. The zero-order valence-corrected chi connectivity index (χ0v) is 21.9. The van der Waals surface area contributed by atoms with Gasteiger partial charge < -0.3 is 24.8 Å². The summed E-state index contributed by atoms with van der Waals surface area (Å²) >= 11 is 7.30. The zero-order valence-electron chi connectivity index (χ0n) is 19.5. The van der Waals surface area contributed by atoms with E-state index >= 15 is 0 Å². The lowest BCUT2D eigenvalue weighted by molar-refractivity contribution is -0.139. The molecule has 11 nitrogen and oxygen atoms in total. The lowest BCUT2D eigenvalue weighted by Crippen LogP contribution is -2.43. The van der Waals surface area contributed by atoms with Crippen LogP contribution in [0.4, 0.5) is 5.69 Å². The van der Waals surface area contributed by atoms with Gasteiger partial charge in [0.25, 0.3) is 0 Å². The number of thiophene rings is 1. The van der Waals surface area contributed by atoms with Crippen molar-refractivity contribution in [3.8, 4) is 16.2 Å². The van der Waals surface area contributed by atoms with Gasteiger partial charge >= 0.3 is 11.9 Å². The Kier molecular flexibility index (Phi) is 8.37. The molecule has 1 fully saturated rings. The molecule has 3 aromatic rings. The smallest absolute Gasteiger partial charge is 0.349 e.